The molecule has 0 aromatic heterocycles. The first kappa shape index (κ1) is 17.6. The molecule has 1 aliphatic heterocycles. The molecule has 1 amide bonds. The molecule has 1 aliphatic rings. The predicted octanol–water partition coefficient (Wildman–Crippen LogP) is 3.04. The summed E-state index contributed by atoms with van der Waals surface area (Å²) in [5.74, 6) is -0.426. The van der Waals surface area contributed by atoms with Gasteiger partial charge in [0.25, 0.3) is 0 Å². The third-order valence-corrected chi connectivity index (χ3v) is 4.83. The summed E-state index contributed by atoms with van der Waals surface area (Å²) in [6.07, 6.45) is 0.735. The van der Waals surface area contributed by atoms with Crippen LogP contribution in [-0.2, 0) is 4.79 Å². The van der Waals surface area contributed by atoms with E-state index in [4.69, 9.17) is 0 Å². The lowest BCUT2D eigenvalue weighted by Crippen LogP contribution is -2.46. The largest absolute Gasteiger partial charge is 0.349 e. The van der Waals surface area contributed by atoms with E-state index in [1.807, 2.05) is 44.2 Å². The van der Waals surface area contributed by atoms with Crippen LogP contribution in [0.4, 0.5) is 4.39 Å². The lowest BCUT2D eigenvalue weighted by atomic mass is 9.93. The smallest absolute Gasteiger partial charge is 0.227 e. The number of rotatable bonds is 5. The third-order valence-electron chi connectivity index (χ3n) is 4.83. The summed E-state index contributed by atoms with van der Waals surface area (Å²) >= 11 is 0. The molecule has 25 heavy (non-hydrogen) atoms. The van der Waals surface area contributed by atoms with Crippen molar-refractivity contribution in [3.8, 4) is 0 Å². The standard InChI is InChI=1S/C20H24FN3O/c1-3-17(14-7-5-4-6-8-14)20(25)22-18-13(2)23-24-19(18)15-9-11-16(21)12-10-15/h4-13,17-19,23-24H,3H2,1-2H3,(H,22,25). The Morgan fingerprint density at radius 3 is 2.44 bits per heavy atom. The van der Waals surface area contributed by atoms with Gasteiger partial charge in [-0.2, -0.15) is 0 Å². The topological polar surface area (TPSA) is 53.2 Å². The van der Waals surface area contributed by atoms with Gasteiger partial charge in [-0.3, -0.25) is 10.2 Å². The van der Waals surface area contributed by atoms with E-state index in [1.165, 1.54) is 12.1 Å². The number of carbonyl (C=O) groups excluding carboxylic acids is 1. The summed E-state index contributed by atoms with van der Waals surface area (Å²) in [6, 6.07) is 16.1. The molecule has 2 aromatic carbocycles. The van der Waals surface area contributed by atoms with Crippen molar-refractivity contribution >= 4 is 5.91 Å². The average molecular weight is 341 g/mol. The number of benzene rings is 2. The van der Waals surface area contributed by atoms with E-state index < -0.39 is 0 Å². The number of hydrazine groups is 1. The van der Waals surface area contributed by atoms with Crippen molar-refractivity contribution in [3.05, 3.63) is 71.5 Å². The van der Waals surface area contributed by atoms with Crippen LogP contribution in [0.3, 0.4) is 0 Å². The Hall–Kier alpha value is -2.24. The van der Waals surface area contributed by atoms with Crippen molar-refractivity contribution in [1.82, 2.24) is 16.2 Å². The van der Waals surface area contributed by atoms with E-state index in [9.17, 15) is 9.18 Å². The number of hydrogen-bond acceptors (Lipinski definition) is 3. The number of carbonyl (C=O) groups is 1. The van der Waals surface area contributed by atoms with Gasteiger partial charge in [0.15, 0.2) is 0 Å². The van der Waals surface area contributed by atoms with Crippen LogP contribution in [0.15, 0.2) is 54.6 Å². The minimum atomic E-state index is -0.265. The third kappa shape index (κ3) is 3.89. The Bertz CT molecular complexity index is 705. The maximum absolute atomic E-state index is 13.2. The molecular weight excluding hydrogens is 317 g/mol. The minimum Gasteiger partial charge on any atom is -0.349 e. The predicted molar refractivity (Wildman–Crippen MR) is 96.3 cm³/mol. The highest BCUT2D eigenvalue weighted by Crippen LogP contribution is 2.25. The number of halogens is 1. The van der Waals surface area contributed by atoms with Gasteiger partial charge in [-0.15, -0.1) is 0 Å². The average Bonchev–Trinajstić information content (AvgIpc) is 2.98. The molecule has 0 aliphatic carbocycles. The zero-order valence-electron chi connectivity index (χ0n) is 14.5. The van der Waals surface area contributed by atoms with Crippen LogP contribution >= 0.6 is 0 Å². The van der Waals surface area contributed by atoms with Crippen molar-refractivity contribution in [2.24, 2.45) is 0 Å². The first-order valence-corrected chi connectivity index (χ1v) is 8.72. The maximum atomic E-state index is 13.2. The minimum absolute atomic E-state index is 0.0168. The van der Waals surface area contributed by atoms with Gasteiger partial charge in [0.1, 0.15) is 5.82 Å². The fraction of sp³-hybridized carbons (Fsp3) is 0.350. The highest BCUT2D eigenvalue weighted by molar-refractivity contribution is 5.84. The zero-order valence-corrected chi connectivity index (χ0v) is 14.5. The van der Waals surface area contributed by atoms with Gasteiger partial charge in [0, 0.05) is 6.04 Å². The van der Waals surface area contributed by atoms with Crippen LogP contribution in [0.1, 0.15) is 43.4 Å². The maximum Gasteiger partial charge on any atom is 0.227 e. The van der Waals surface area contributed by atoms with Gasteiger partial charge in [-0.25, -0.2) is 9.82 Å². The van der Waals surface area contributed by atoms with Gasteiger partial charge in [0.2, 0.25) is 5.91 Å². The fourth-order valence-corrected chi connectivity index (χ4v) is 3.38. The molecule has 0 saturated carbocycles. The monoisotopic (exact) mass is 341 g/mol. The molecule has 2 aromatic rings. The first-order chi connectivity index (χ1) is 12.1. The molecular formula is C20H24FN3O. The van der Waals surface area contributed by atoms with Crippen LogP contribution in [0.25, 0.3) is 0 Å². The fourth-order valence-electron chi connectivity index (χ4n) is 3.38. The van der Waals surface area contributed by atoms with E-state index >= 15 is 0 Å². The van der Waals surface area contributed by atoms with E-state index in [0.717, 1.165) is 17.5 Å². The van der Waals surface area contributed by atoms with E-state index in [1.54, 1.807) is 12.1 Å². The Kier molecular flexibility index (Phi) is 5.46. The molecule has 3 rings (SSSR count). The van der Waals surface area contributed by atoms with Crippen molar-refractivity contribution in [2.45, 2.75) is 44.3 Å². The second-order valence-corrected chi connectivity index (χ2v) is 6.51. The highest BCUT2D eigenvalue weighted by atomic mass is 19.1. The van der Waals surface area contributed by atoms with Gasteiger partial charge in [0.05, 0.1) is 18.0 Å². The number of nitrogens with one attached hydrogen (secondary N) is 3. The molecule has 4 unspecified atom stereocenters. The van der Waals surface area contributed by atoms with Crippen molar-refractivity contribution in [3.63, 3.8) is 0 Å². The molecule has 0 bridgehead atoms. The van der Waals surface area contributed by atoms with Crippen LogP contribution in [0.5, 0.6) is 0 Å². The normalized spacial score (nSPS) is 24.0. The van der Waals surface area contributed by atoms with Crippen LogP contribution in [0.2, 0.25) is 0 Å². The van der Waals surface area contributed by atoms with Crippen LogP contribution in [0, 0.1) is 5.82 Å². The molecule has 3 N–H and O–H groups in total. The summed E-state index contributed by atoms with van der Waals surface area (Å²) in [5, 5.41) is 3.18. The molecule has 4 nitrogen and oxygen atoms in total. The number of amides is 1. The van der Waals surface area contributed by atoms with Crippen LogP contribution in [-0.4, -0.2) is 18.0 Å². The molecule has 0 radical (unpaired) electrons. The first-order valence-electron chi connectivity index (χ1n) is 8.72. The van der Waals surface area contributed by atoms with Gasteiger partial charge >= 0.3 is 0 Å². The summed E-state index contributed by atoms with van der Waals surface area (Å²) in [7, 11) is 0. The zero-order chi connectivity index (χ0) is 17.8. The van der Waals surface area contributed by atoms with E-state index in [2.05, 4.69) is 16.2 Å². The van der Waals surface area contributed by atoms with Crippen molar-refractivity contribution < 1.29 is 9.18 Å². The molecule has 1 saturated heterocycles. The van der Waals surface area contributed by atoms with Crippen molar-refractivity contribution in [1.29, 1.82) is 0 Å². The number of hydrogen-bond donors (Lipinski definition) is 3. The molecule has 132 valence electrons. The van der Waals surface area contributed by atoms with Gasteiger partial charge < -0.3 is 5.32 Å². The Labute approximate surface area is 147 Å². The molecule has 0 spiro atoms. The van der Waals surface area contributed by atoms with E-state index in [0.29, 0.717) is 0 Å². The molecule has 4 atom stereocenters. The van der Waals surface area contributed by atoms with Crippen LogP contribution < -0.4 is 16.2 Å². The SMILES string of the molecule is CCC(C(=O)NC1C(C)NNC1c1ccc(F)cc1)c1ccccc1. The molecule has 1 fully saturated rings. The summed E-state index contributed by atoms with van der Waals surface area (Å²) < 4.78 is 13.2. The van der Waals surface area contributed by atoms with Gasteiger partial charge in [-0.05, 0) is 36.6 Å². The molecule has 5 heteroatoms. The Balaban J connectivity index is 1.76. The lowest BCUT2D eigenvalue weighted by Gasteiger charge is -2.25. The second kappa shape index (κ2) is 7.76. The summed E-state index contributed by atoms with van der Waals surface area (Å²) in [5.41, 5.74) is 8.35. The summed E-state index contributed by atoms with van der Waals surface area (Å²) in [4.78, 5) is 12.9. The quantitative estimate of drug-likeness (QED) is 0.783. The Morgan fingerprint density at radius 2 is 1.80 bits per heavy atom. The second-order valence-electron chi connectivity index (χ2n) is 6.51. The summed E-state index contributed by atoms with van der Waals surface area (Å²) in [6.45, 7) is 4.04. The molecule has 1 heterocycles. The highest BCUT2D eigenvalue weighted by Gasteiger charge is 2.36. The van der Waals surface area contributed by atoms with E-state index in [-0.39, 0.29) is 35.8 Å². The van der Waals surface area contributed by atoms with Gasteiger partial charge in [-0.1, -0.05) is 49.4 Å². The lowest BCUT2D eigenvalue weighted by molar-refractivity contribution is -0.123. The Morgan fingerprint density at radius 1 is 1.12 bits per heavy atom. The van der Waals surface area contributed by atoms with Crippen molar-refractivity contribution in [2.75, 3.05) is 0 Å².